The summed E-state index contributed by atoms with van der Waals surface area (Å²) in [6.45, 7) is 0.965. The van der Waals surface area contributed by atoms with Gasteiger partial charge in [-0.3, -0.25) is 14.7 Å². The molecule has 0 aliphatic carbocycles. The van der Waals surface area contributed by atoms with Crippen molar-refractivity contribution in [2.24, 2.45) is 0 Å². The summed E-state index contributed by atoms with van der Waals surface area (Å²) in [5, 5.41) is 18.6. The first-order valence-corrected chi connectivity index (χ1v) is 9.37. The second kappa shape index (κ2) is 8.16. The molecule has 0 radical (unpaired) electrons. The van der Waals surface area contributed by atoms with Gasteiger partial charge in [-0.1, -0.05) is 0 Å². The van der Waals surface area contributed by atoms with Crippen molar-refractivity contribution in [2.75, 3.05) is 13.1 Å². The van der Waals surface area contributed by atoms with Crippen LogP contribution in [0.3, 0.4) is 0 Å². The van der Waals surface area contributed by atoms with Crippen LogP contribution in [0, 0.1) is 17.1 Å². The summed E-state index contributed by atoms with van der Waals surface area (Å²) in [5.41, 5.74) is 2.71. The molecule has 0 bridgehead atoms. The number of amides is 2. The quantitative estimate of drug-likeness (QED) is 0.587. The maximum absolute atomic E-state index is 14.2. The lowest BCUT2D eigenvalue weighted by Crippen LogP contribution is -2.37. The Kier molecular flexibility index (Phi) is 5.26. The van der Waals surface area contributed by atoms with E-state index in [2.05, 4.69) is 25.5 Å². The molecule has 152 valence electrons. The lowest BCUT2D eigenvalue weighted by Gasteiger charge is -2.27. The molecule has 3 N–H and O–H groups in total. The minimum atomic E-state index is -0.730. The molecule has 10 heteroatoms. The van der Waals surface area contributed by atoms with E-state index in [-0.39, 0.29) is 23.6 Å². The molecule has 2 aromatic heterocycles. The Bertz CT molecular complexity index is 1130. The second-order valence-electron chi connectivity index (χ2n) is 6.90. The highest BCUT2D eigenvalue weighted by molar-refractivity contribution is 5.96. The number of aromatic nitrogens is 4. The molecule has 0 atom stereocenters. The first kappa shape index (κ1) is 19.3. The fraction of sp³-hybridized carbons (Fsp3) is 0.250. The van der Waals surface area contributed by atoms with E-state index in [9.17, 15) is 14.0 Å². The Morgan fingerprint density at radius 2 is 2.23 bits per heavy atom. The Balaban J connectivity index is 1.41. The summed E-state index contributed by atoms with van der Waals surface area (Å²) in [7, 11) is 0. The number of H-pyrrole nitrogens is 2. The average molecular weight is 407 g/mol. The zero-order valence-corrected chi connectivity index (χ0v) is 15.9. The number of rotatable bonds is 5. The van der Waals surface area contributed by atoms with Gasteiger partial charge < -0.3 is 15.2 Å². The van der Waals surface area contributed by atoms with Gasteiger partial charge in [-0.15, -0.1) is 0 Å². The van der Waals surface area contributed by atoms with Crippen LogP contribution in [0.2, 0.25) is 0 Å². The van der Waals surface area contributed by atoms with Gasteiger partial charge in [0.25, 0.3) is 11.8 Å². The third-order valence-corrected chi connectivity index (χ3v) is 5.00. The van der Waals surface area contributed by atoms with Crippen molar-refractivity contribution in [3.05, 3.63) is 70.3 Å². The van der Waals surface area contributed by atoms with Crippen molar-refractivity contribution >= 4 is 11.8 Å². The van der Waals surface area contributed by atoms with Crippen molar-refractivity contribution in [2.45, 2.75) is 19.4 Å². The van der Waals surface area contributed by atoms with Crippen LogP contribution >= 0.6 is 0 Å². The van der Waals surface area contributed by atoms with E-state index < -0.39 is 11.7 Å². The lowest BCUT2D eigenvalue weighted by molar-refractivity contribution is 0.0727. The first-order valence-electron chi connectivity index (χ1n) is 9.37. The molecule has 0 unspecified atom stereocenters. The molecule has 1 aliphatic rings. The van der Waals surface area contributed by atoms with Gasteiger partial charge >= 0.3 is 0 Å². The minimum Gasteiger partial charge on any atom is -0.350 e. The standard InChI is InChI=1S/C20H18FN7O2/c21-16-7-12(8-22)1-2-14(16)20(30)28-6-4-15-17(10-28)26-27-18(15)19(29)24-5-3-13-9-23-11-25-13/h1-2,7,9,11H,3-6,10H2,(H,23,25)(H,24,29)(H,26,27). The number of aromatic amines is 2. The van der Waals surface area contributed by atoms with E-state index in [1.165, 1.54) is 17.0 Å². The Morgan fingerprint density at radius 1 is 1.37 bits per heavy atom. The summed E-state index contributed by atoms with van der Waals surface area (Å²) in [5.74, 6) is -1.49. The summed E-state index contributed by atoms with van der Waals surface area (Å²) in [6, 6.07) is 5.61. The summed E-state index contributed by atoms with van der Waals surface area (Å²) >= 11 is 0. The number of carbonyl (C=O) groups is 2. The fourth-order valence-corrected chi connectivity index (χ4v) is 3.42. The van der Waals surface area contributed by atoms with Crippen molar-refractivity contribution in [3.8, 4) is 6.07 Å². The predicted octanol–water partition coefficient (Wildman–Crippen LogP) is 1.31. The zero-order chi connectivity index (χ0) is 21.1. The fourth-order valence-electron chi connectivity index (χ4n) is 3.42. The normalized spacial score (nSPS) is 12.9. The number of hydrogen-bond acceptors (Lipinski definition) is 5. The van der Waals surface area contributed by atoms with Gasteiger partial charge in [0, 0.05) is 37.0 Å². The molecule has 3 heterocycles. The number of carbonyl (C=O) groups excluding carboxylic acids is 2. The van der Waals surface area contributed by atoms with Crippen molar-refractivity contribution in [1.29, 1.82) is 5.26 Å². The SMILES string of the molecule is N#Cc1ccc(C(=O)N2CCc3c(C(=O)NCCc4cnc[nH]4)n[nH]c3C2)c(F)c1. The largest absolute Gasteiger partial charge is 0.350 e. The predicted molar refractivity (Wildman–Crippen MR) is 103 cm³/mol. The number of halogens is 1. The van der Waals surface area contributed by atoms with Gasteiger partial charge in [0.2, 0.25) is 0 Å². The van der Waals surface area contributed by atoms with Crippen molar-refractivity contribution in [3.63, 3.8) is 0 Å². The monoisotopic (exact) mass is 407 g/mol. The summed E-state index contributed by atoms with van der Waals surface area (Å²) in [4.78, 5) is 33.6. The molecule has 0 spiro atoms. The van der Waals surface area contributed by atoms with Crippen LogP contribution < -0.4 is 5.32 Å². The van der Waals surface area contributed by atoms with Gasteiger partial charge in [-0.25, -0.2) is 9.37 Å². The highest BCUT2D eigenvalue weighted by Gasteiger charge is 2.29. The van der Waals surface area contributed by atoms with Crippen LogP contribution in [0.5, 0.6) is 0 Å². The number of benzene rings is 1. The van der Waals surface area contributed by atoms with Gasteiger partial charge in [0.15, 0.2) is 5.69 Å². The third kappa shape index (κ3) is 3.77. The molecule has 1 aromatic carbocycles. The lowest BCUT2D eigenvalue weighted by atomic mass is 10.0. The topological polar surface area (TPSA) is 131 Å². The van der Waals surface area contributed by atoms with Crippen molar-refractivity contribution < 1.29 is 14.0 Å². The number of nitrogens with one attached hydrogen (secondary N) is 3. The van der Waals surface area contributed by atoms with Crippen LogP contribution in [0.4, 0.5) is 4.39 Å². The van der Waals surface area contributed by atoms with Gasteiger partial charge in [-0.05, 0) is 24.6 Å². The molecule has 1 aliphatic heterocycles. The number of hydrogen-bond donors (Lipinski definition) is 3. The Morgan fingerprint density at radius 3 is 2.97 bits per heavy atom. The first-order chi connectivity index (χ1) is 14.6. The molecule has 3 aromatic rings. The molecular weight excluding hydrogens is 389 g/mol. The minimum absolute atomic E-state index is 0.0891. The maximum Gasteiger partial charge on any atom is 0.272 e. The Hall–Kier alpha value is -4.00. The molecule has 2 amide bonds. The van der Waals surface area contributed by atoms with Gasteiger partial charge in [-0.2, -0.15) is 10.4 Å². The van der Waals surface area contributed by atoms with Crippen LogP contribution in [0.25, 0.3) is 0 Å². The molecule has 4 rings (SSSR count). The summed E-state index contributed by atoms with van der Waals surface area (Å²) < 4.78 is 14.2. The van der Waals surface area contributed by atoms with Gasteiger partial charge in [0.1, 0.15) is 5.82 Å². The van der Waals surface area contributed by atoms with Gasteiger partial charge in [0.05, 0.1) is 35.8 Å². The average Bonchev–Trinajstić information content (AvgIpc) is 3.42. The molecule has 9 nitrogen and oxygen atoms in total. The molecule has 0 saturated carbocycles. The highest BCUT2D eigenvalue weighted by Crippen LogP contribution is 2.22. The molecule has 30 heavy (non-hydrogen) atoms. The van der Waals surface area contributed by atoms with Crippen LogP contribution in [0.15, 0.2) is 30.7 Å². The van der Waals surface area contributed by atoms with E-state index in [0.29, 0.717) is 37.3 Å². The van der Waals surface area contributed by atoms with E-state index in [0.717, 1.165) is 17.3 Å². The van der Waals surface area contributed by atoms with E-state index in [4.69, 9.17) is 5.26 Å². The molecule has 0 fully saturated rings. The zero-order valence-electron chi connectivity index (χ0n) is 15.9. The third-order valence-electron chi connectivity index (χ3n) is 5.00. The second-order valence-corrected chi connectivity index (χ2v) is 6.90. The van der Waals surface area contributed by atoms with Crippen LogP contribution in [0.1, 0.15) is 43.4 Å². The molecule has 0 saturated heterocycles. The van der Waals surface area contributed by atoms with Crippen molar-refractivity contribution in [1.82, 2.24) is 30.4 Å². The molecular formula is C20H18FN7O2. The maximum atomic E-state index is 14.2. The smallest absolute Gasteiger partial charge is 0.272 e. The number of imidazole rings is 1. The number of nitriles is 1. The number of nitrogens with zero attached hydrogens (tertiary/aromatic N) is 4. The van der Waals surface area contributed by atoms with E-state index in [1.54, 1.807) is 12.5 Å². The van der Waals surface area contributed by atoms with E-state index >= 15 is 0 Å². The van der Waals surface area contributed by atoms with Crippen LogP contribution in [-0.2, 0) is 19.4 Å². The summed E-state index contributed by atoms with van der Waals surface area (Å²) in [6.07, 6.45) is 4.33. The van der Waals surface area contributed by atoms with Crippen LogP contribution in [-0.4, -0.2) is 50.0 Å². The van der Waals surface area contributed by atoms with E-state index in [1.807, 2.05) is 6.07 Å². The Labute approximate surface area is 170 Å². The number of fused-ring (bicyclic) bond motifs is 1. The highest BCUT2D eigenvalue weighted by atomic mass is 19.1.